The zero-order valence-corrected chi connectivity index (χ0v) is 13.9. The molecule has 0 amide bonds. The second-order valence-corrected chi connectivity index (χ2v) is 7.51. The highest BCUT2D eigenvalue weighted by molar-refractivity contribution is 8.00. The summed E-state index contributed by atoms with van der Waals surface area (Å²) < 4.78 is 12.9. The summed E-state index contributed by atoms with van der Waals surface area (Å²) in [6.07, 6.45) is 0. The van der Waals surface area contributed by atoms with Gasteiger partial charge in [-0.05, 0) is 43.3 Å². The van der Waals surface area contributed by atoms with Crippen molar-refractivity contribution in [3.8, 4) is 0 Å². The summed E-state index contributed by atoms with van der Waals surface area (Å²) in [6.45, 7) is 2.03. The SMILES string of the molecule is Cc1ccc(S(=O)c2ccccc2Sc2ccccc2)cc1. The monoisotopic (exact) mass is 324 g/mol. The Bertz CT molecular complexity index is 780. The van der Waals surface area contributed by atoms with Gasteiger partial charge >= 0.3 is 0 Å². The summed E-state index contributed by atoms with van der Waals surface area (Å²) in [4.78, 5) is 3.88. The Morgan fingerprint density at radius 1 is 0.773 bits per heavy atom. The van der Waals surface area contributed by atoms with Gasteiger partial charge in [-0.15, -0.1) is 0 Å². The van der Waals surface area contributed by atoms with Gasteiger partial charge in [-0.25, -0.2) is 4.21 Å². The Morgan fingerprint density at radius 2 is 1.41 bits per heavy atom. The normalized spacial score (nSPS) is 12.0. The van der Waals surface area contributed by atoms with Crippen molar-refractivity contribution in [2.45, 2.75) is 26.5 Å². The van der Waals surface area contributed by atoms with Crippen LogP contribution in [0.2, 0.25) is 0 Å². The smallest absolute Gasteiger partial charge is 0.0861 e. The number of hydrogen-bond donors (Lipinski definition) is 0. The number of benzene rings is 3. The van der Waals surface area contributed by atoms with Crippen LogP contribution in [0.5, 0.6) is 0 Å². The molecule has 0 spiro atoms. The first-order chi connectivity index (χ1) is 10.7. The van der Waals surface area contributed by atoms with E-state index in [-0.39, 0.29) is 0 Å². The lowest BCUT2D eigenvalue weighted by atomic mass is 10.2. The van der Waals surface area contributed by atoms with Gasteiger partial charge in [0.05, 0.1) is 15.7 Å². The summed E-state index contributed by atoms with van der Waals surface area (Å²) in [5.41, 5.74) is 1.17. The first-order valence-electron chi connectivity index (χ1n) is 7.04. The Labute approximate surface area is 137 Å². The van der Waals surface area contributed by atoms with Crippen LogP contribution in [0, 0.1) is 6.92 Å². The molecule has 3 heteroatoms. The predicted molar refractivity (Wildman–Crippen MR) is 92.9 cm³/mol. The Hall–Kier alpha value is -1.84. The fourth-order valence-corrected chi connectivity index (χ4v) is 4.40. The van der Waals surface area contributed by atoms with E-state index >= 15 is 0 Å². The maximum Gasteiger partial charge on any atom is 0.0861 e. The van der Waals surface area contributed by atoms with Crippen LogP contribution in [-0.4, -0.2) is 4.21 Å². The van der Waals surface area contributed by atoms with Gasteiger partial charge in [0.2, 0.25) is 0 Å². The molecule has 3 aromatic rings. The molecule has 0 aliphatic heterocycles. The topological polar surface area (TPSA) is 17.1 Å². The molecule has 22 heavy (non-hydrogen) atoms. The van der Waals surface area contributed by atoms with Crippen molar-refractivity contribution in [3.63, 3.8) is 0 Å². The molecule has 0 saturated carbocycles. The molecular formula is C19H16OS2. The van der Waals surface area contributed by atoms with E-state index in [9.17, 15) is 4.21 Å². The Kier molecular flexibility index (Phi) is 4.76. The van der Waals surface area contributed by atoms with Gasteiger partial charge < -0.3 is 0 Å². The first-order valence-corrected chi connectivity index (χ1v) is 9.01. The van der Waals surface area contributed by atoms with Gasteiger partial charge in [0.15, 0.2) is 0 Å². The number of aryl methyl sites for hydroxylation is 1. The van der Waals surface area contributed by atoms with Gasteiger partial charge in [0.1, 0.15) is 0 Å². The average Bonchev–Trinajstić information content (AvgIpc) is 2.56. The van der Waals surface area contributed by atoms with E-state index < -0.39 is 10.8 Å². The second kappa shape index (κ2) is 6.95. The summed E-state index contributed by atoms with van der Waals surface area (Å²) >= 11 is 1.65. The molecule has 1 nitrogen and oxygen atoms in total. The summed E-state index contributed by atoms with van der Waals surface area (Å²) in [6, 6.07) is 25.9. The largest absolute Gasteiger partial charge is 0.249 e. The van der Waals surface area contributed by atoms with E-state index in [1.807, 2.05) is 73.7 Å². The third kappa shape index (κ3) is 3.49. The number of rotatable bonds is 4. The molecule has 110 valence electrons. The highest BCUT2D eigenvalue weighted by atomic mass is 32.2. The van der Waals surface area contributed by atoms with Gasteiger partial charge in [0.25, 0.3) is 0 Å². The van der Waals surface area contributed by atoms with E-state index in [0.717, 1.165) is 19.6 Å². The third-order valence-corrected chi connectivity index (χ3v) is 5.92. The fourth-order valence-electron chi connectivity index (χ4n) is 2.09. The zero-order chi connectivity index (χ0) is 15.4. The van der Waals surface area contributed by atoms with Crippen LogP contribution in [0.4, 0.5) is 0 Å². The molecule has 1 atom stereocenters. The van der Waals surface area contributed by atoms with Crippen LogP contribution >= 0.6 is 11.8 Å². The minimum Gasteiger partial charge on any atom is -0.249 e. The average molecular weight is 324 g/mol. The molecule has 0 aliphatic carbocycles. The maximum atomic E-state index is 12.9. The zero-order valence-electron chi connectivity index (χ0n) is 12.2. The maximum absolute atomic E-state index is 12.9. The van der Waals surface area contributed by atoms with Crippen LogP contribution < -0.4 is 0 Å². The quantitative estimate of drug-likeness (QED) is 0.646. The van der Waals surface area contributed by atoms with Gasteiger partial charge in [-0.3, -0.25) is 0 Å². The molecule has 3 aromatic carbocycles. The highest BCUT2D eigenvalue weighted by Crippen LogP contribution is 2.33. The van der Waals surface area contributed by atoms with Crippen molar-refractivity contribution in [2.24, 2.45) is 0 Å². The van der Waals surface area contributed by atoms with Crippen LogP contribution in [0.3, 0.4) is 0 Å². The molecular weight excluding hydrogens is 308 g/mol. The minimum atomic E-state index is -1.16. The van der Waals surface area contributed by atoms with Gasteiger partial charge in [-0.1, -0.05) is 59.8 Å². The lowest BCUT2D eigenvalue weighted by Crippen LogP contribution is -1.95. The predicted octanol–water partition coefficient (Wildman–Crippen LogP) is 5.31. The third-order valence-electron chi connectivity index (χ3n) is 3.25. The molecule has 0 N–H and O–H groups in total. The standard InChI is InChI=1S/C19H16OS2/c1-15-11-13-17(14-12-15)22(20)19-10-6-5-9-18(19)21-16-7-3-2-4-8-16/h2-14H,1H3. The fraction of sp³-hybridized carbons (Fsp3) is 0.0526. The highest BCUT2D eigenvalue weighted by Gasteiger charge is 2.12. The van der Waals surface area contributed by atoms with Crippen molar-refractivity contribution < 1.29 is 4.21 Å². The lowest BCUT2D eigenvalue weighted by molar-refractivity contribution is 0.681. The first kappa shape index (κ1) is 15.1. The molecule has 0 fully saturated rings. The molecule has 0 aromatic heterocycles. The van der Waals surface area contributed by atoms with E-state index in [2.05, 4.69) is 12.1 Å². The lowest BCUT2D eigenvalue weighted by Gasteiger charge is -2.09. The van der Waals surface area contributed by atoms with Crippen molar-refractivity contribution in [2.75, 3.05) is 0 Å². The van der Waals surface area contributed by atoms with E-state index in [0.29, 0.717) is 0 Å². The van der Waals surface area contributed by atoms with Gasteiger partial charge in [0, 0.05) is 14.7 Å². The van der Waals surface area contributed by atoms with Crippen LogP contribution in [0.25, 0.3) is 0 Å². The van der Waals surface area contributed by atoms with Crippen molar-refractivity contribution in [1.82, 2.24) is 0 Å². The summed E-state index contributed by atoms with van der Waals surface area (Å²) in [7, 11) is -1.16. The number of hydrogen-bond acceptors (Lipinski definition) is 2. The molecule has 1 unspecified atom stereocenters. The summed E-state index contributed by atoms with van der Waals surface area (Å²) in [5, 5.41) is 0. The molecule has 0 radical (unpaired) electrons. The van der Waals surface area contributed by atoms with Crippen molar-refractivity contribution in [1.29, 1.82) is 0 Å². The van der Waals surface area contributed by atoms with Gasteiger partial charge in [-0.2, -0.15) is 0 Å². The molecule has 0 saturated heterocycles. The van der Waals surface area contributed by atoms with Crippen molar-refractivity contribution in [3.05, 3.63) is 84.4 Å². The van der Waals surface area contributed by atoms with Crippen molar-refractivity contribution >= 4 is 22.6 Å². The van der Waals surface area contributed by atoms with Crippen LogP contribution in [-0.2, 0) is 10.8 Å². The van der Waals surface area contributed by atoms with E-state index in [1.165, 1.54) is 5.56 Å². The molecule has 0 bridgehead atoms. The minimum absolute atomic E-state index is 0.840. The molecule has 3 rings (SSSR count). The molecule has 0 aliphatic rings. The second-order valence-electron chi connectivity index (χ2n) is 4.94. The molecule has 0 heterocycles. The van der Waals surface area contributed by atoms with Crippen LogP contribution in [0.15, 0.2) is 98.4 Å². The van der Waals surface area contributed by atoms with E-state index in [4.69, 9.17) is 0 Å². The summed E-state index contributed by atoms with van der Waals surface area (Å²) in [5.74, 6) is 0. The Morgan fingerprint density at radius 3 is 2.14 bits per heavy atom. The Balaban J connectivity index is 1.94. The van der Waals surface area contributed by atoms with E-state index in [1.54, 1.807) is 11.8 Å². The van der Waals surface area contributed by atoms with Crippen LogP contribution in [0.1, 0.15) is 5.56 Å².